The molecular weight excluding hydrogens is 320 g/mol. The van der Waals surface area contributed by atoms with Gasteiger partial charge in [-0.2, -0.15) is 0 Å². The van der Waals surface area contributed by atoms with Crippen LogP contribution in [0.4, 0.5) is 0 Å². The van der Waals surface area contributed by atoms with E-state index in [0.717, 1.165) is 0 Å². The third-order valence-corrected chi connectivity index (χ3v) is 3.40. The molecule has 8 nitrogen and oxygen atoms in total. The number of carboxylic acid groups (broad SMARTS) is 1. The summed E-state index contributed by atoms with van der Waals surface area (Å²) >= 11 is 0. The standard InChI is InChI=1S/C16H14O8/c1-16(2)23-14(19)11(15(20)24-16)5-8-3-9(13(17)18)4-10-6-21-7-22-12(8)10/h3-5H,6-7H2,1-2H3,(H,17,18). The zero-order chi connectivity index (χ0) is 17.5. The van der Waals surface area contributed by atoms with Crippen LogP contribution in [0, 0.1) is 0 Å². The maximum absolute atomic E-state index is 12.0. The van der Waals surface area contributed by atoms with Gasteiger partial charge in [-0.05, 0) is 18.2 Å². The molecule has 0 bridgehead atoms. The lowest BCUT2D eigenvalue weighted by Crippen LogP contribution is -2.41. The van der Waals surface area contributed by atoms with Gasteiger partial charge in [0.2, 0.25) is 0 Å². The number of rotatable bonds is 2. The summed E-state index contributed by atoms with van der Waals surface area (Å²) in [6.07, 6.45) is 1.20. The van der Waals surface area contributed by atoms with Crippen LogP contribution in [0.5, 0.6) is 5.75 Å². The van der Waals surface area contributed by atoms with Gasteiger partial charge < -0.3 is 24.1 Å². The second-order valence-electron chi connectivity index (χ2n) is 5.71. The molecule has 8 heteroatoms. The van der Waals surface area contributed by atoms with Crippen LogP contribution in [0.15, 0.2) is 17.7 Å². The van der Waals surface area contributed by atoms with Crippen molar-refractivity contribution in [2.45, 2.75) is 26.2 Å². The molecule has 1 saturated heterocycles. The Kier molecular flexibility index (Phi) is 3.76. The number of benzene rings is 1. The van der Waals surface area contributed by atoms with Gasteiger partial charge in [0.05, 0.1) is 12.2 Å². The van der Waals surface area contributed by atoms with Crippen molar-refractivity contribution in [2.75, 3.05) is 6.79 Å². The Bertz CT molecular complexity index is 753. The molecule has 0 unspecified atom stereocenters. The topological polar surface area (TPSA) is 108 Å². The third-order valence-electron chi connectivity index (χ3n) is 3.40. The van der Waals surface area contributed by atoms with Gasteiger partial charge in [0.15, 0.2) is 6.79 Å². The van der Waals surface area contributed by atoms with Crippen molar-refractivity contribution in [3.05, 3.63) is 34.4 Å². The molecule has 3 rings (SSSR count). The number of hydrogen-bond acceptors (Lipinski definition) is 7. The van der Waals surface area contributed by atoms with E-state index in [9.17, 15) is 19.5 Å². The van der Waals surface area contributed by atoms with Crippen molar-refractivity contribution >= 4 is 24.0 Å². The zero-order valence-electron chi connectivity index (χ0n) is 13.0. The first-order chi connectivity index (χ1) is 11.3. The van der Waals surface area contributed by atoms with Gasteiger partial charge in [-0.25, -0.2) is 14.4 Å². The Morgan fingerprint density at radius 2 is 1.88 bits per heavy atom. The molecule has 24 heavy (non-hydrogen) atoms. The van der Waals surface area contributed by atoms with E-state index < -0.39 is 23.7 Å². The molecule has 0 radical (unpaired) electrons. The molecule has 2 aliphatic rings. The maximum Gasteiger partial charge on any atom is 0.348 e. The van der Waals surface area contributed by atoms with Crippen LogP contribution in [0.2, 0.25) is 0 Å². The first kappa shape index (κ1) is 16.0. The first-order valence-electron chi connectivity index (χ1n) is 7.06. The number of esters is 2. The monoisotopic (exact) mass is 334 g/mol. The Labute approximate surface area is 136 Å². The number of ether oxygens (including phenoxy) is 4. The van der Waals surface area contributed by atoms with Gasteiger partial charge in [0.25, 0.3) is 5.79 Å². The van der Waals surface area contributed by atoms with E-state index in [4.69, 9.17) is 18.9 Å². The number of carboxylic acids is 1. The largest absolute Gasteiger partial charge is 0.478 e. The second-order valence-corrected chi connectivity index (χ2v) is 5.71. The van der Waals surface area contributed by atoms with Crippen molar-refractivity contribution in [1.29, 1.82) is 0 Å². The Morgan fingerprint density at radius 3 is 2.50 bits per heavy atom. The molecule has 2 aliphatic heterocycles. The number of carbonyl (C=O) groups is 3. The molecule has 0 atom stereocenters. The highest BCUT2D eigenvalue weighted by atomic mass is 16.7. The van der Waals surface area contributed by atoms with E-state index >= 15 is 0 Å². The number of fused-ring (bicyclic) bond motifs is 1. The van der Waals surface area contributed by atoms with Crippen LogP contribution in [0.1, 0.15) is 35.3 Å². The lowest BCUT2D eigenvalue weighted by molar-refractivity contribution is -0.222. The maximum atomic E-state index is 12.0. The summed E-state index contributed by atoms with van der Waals surface area (Å²) in [6, 6.07) is 2.72. The van der Waals surface area contributed by atoms with Crippen molar-refractivity contribution < 1.29 is 38.4 Å². The summed E-state index contributed by atoms with van der Waals surface area (Å²) in [7, 11) is 0. The Morgan fingerprint density at radius 1 is 1.21 bits per heavy atom. The summed E-state index contributed by atoms with van der Waals surface area (Å²) in [4.78, 5) is 35.3. The fourth-order valence-electron chi connectivity index (χ4n) is 2.41. The van der Waals surface area contributed by atoms with Crippen molar-refractivity contribution in [3.63, 3.8) is 0 Å². The van der Waals surface area contributed by atoms with Crippen LogP contribution in [0.25, 0.3) is 6.08 Å². The van der Waals surface area contributed by atoms with Gasteiger partial charge in [-0.15, -0.1) is 0 Å². The average Bonchev–Trinajstić information content (AvgIpc) is 2.49. The average molecular weight is 334 g/mol. The van der Waals surface area contributed by atoms with Gasteiger partial charge in [-0.3, -0.25) is 0 Å². The molecule has 0 aromatic heterocycles. The van der Waals surface area contributed by atoms with E-state index in [-0.39, 0.29) is 30.1 Å². The van der Waals surface area contributed by atoms with Gasteiger partial charge in [0, 0.05) is 25.0 Å². The van der Waals surface area contributed by atoms with E-state index in [2.05, 4.69) is 0 Å². The fourth-order valence-corrected chi connectivity index (χ4v) is 2.41. The van der Waals surface area contributed by atoms with Crippen molar-refractivity contribution in [3.8, 4) is 5.75 Å². The minimum absolute atomic E-state index is 0.0164. The van der Waals surface area contributed by atoms with Gasteiger partial charge >= 0.3 is 17.9 Å². The van der Waals surface area contributed by atoms with Crippen LogP contribution in [0.3, 0.4) is 0 Å². The van der Waals surface area contributed by atoms with E-state index in [1.54, 1.807) is 0 Å². The van der Waals surface area contributed by atoms with Crippen LogP contribution >= 0.6 is 0 Å². The van der Waals surface area contributed by atoms with Gasteiger partial charge in [0.1, 0.15) is 11.3 Å². The Hall–Kier alpha value is -2.87. The highest BCUT2D eigenvalue weighted by Crippen LogP contribution is 2.33. The minimum Gasteiger partial charge on any atom is -0.478 e. The SMILES string of the molecule is CC1(C)OC(=O)C(=Cc2cc(C(=O)O)cc3c2OCOC3)C(=O)O1. The lowest BCUT2D eigenvalue weighted by Gasteiger charge is -2.30. The Balaban J connectivity index is 2.09. The van der Waals surface area contributed by atoms with Crippen LogP contribution in [-0.2, 0) is 30.4 Å². The molecule has 126 valence electrons. The van der Waals surface area contributed by atoms with E-state index in [1.165, 1.54) is 32.1 Å². The molecule has 0 aliphatic carbocycles. The normalized spacial score (nSPS) is 18.8. The number of cyclic esters (lactones) is 2. The molecule has 0 amide bonds. The smallest absolute Gasteiger partial charge is 0.348 e. The number of carbonyl (C=O) groups excluding carboxylic acids is 2. The predicted octanol–water partition coefficient (Wildman–Crippen LogP) is 1.47. The molecule has 1 N–H and O–H groups in total. The minimum atomic E-state index is -1.35. The molecule has 1 aromatic rings. The van der Waals surface area contributed by atoms with Crippen LogP contribution in [-0.4, -0.2) is 35.6 Å². The summed E-state index contributed by atoms with van der Waals surface area (Å²) in [5, 5.41) is 9.20. The number of aromatic carboxylic acids is 1. The predicted molar refractivity (Wildman–Crippen MR) is 77.9 cm³/mol. The van der Waals surface area contributed by atoms with E-state index in [0.29, 0.717) is 11.3 Å². The zero-order valence-corrected chi connectivity index (χ0v) is 13.0. The number of hydrogen-bond donors (Lipinski definition) is 1. The van der Waals surface area contributed by atoms with Crippen LogP contribution < -0.4 is 4.74 Å². The molecule has 1 fully saturated rings. The molecule has 2 heterocycles. The van der Waals surface area contributed by atoms with Crippen molar-refractivity contribution in [1.82, 2.24) is 0 Å². The fraction of sp³-hybridized carbons (Fsp3) is 0.312. The molecular formula is C16H14O8. The third kappa shape index (κ3) is 2.95. The van der Waals surface area contributed by atoms with Crippen molar-refractivity contribution in [2.24, 2.45) is 0 Å². The molecule has 1 aromatic carbocycles. The molecule has 0 saturated carbocycles. The highest BCUT2D eigenvalue weighted by molar-refractivity contribution is 6.19. The second kappa shape index (κ2) is 5.64. The molecule has 0 spiro atoms. The quantitative estimate of drug-likeness (QED) is 0.492. The van der Waals surface area contributed by atoms with Gasteiger partial charge in [-0.1, -0.05) is 0 Å². The summed E-state index contributed by atoms with van der Waals surface area (Å²) in [5.74, 6) is -3.85. The highest BCUT2D eigenvalue weighted by Gasteiger charge is 2.39. The summed E-state index contributed by atoms with van der Waals surface area (Å²) in [5.41, 5.74) is 0.407. The lowest BCUT2D eigenvalue weighted by atomic mass is 10.0. The summed E-state index contributed by atoms with van der Waals surface area (Å²) < 4.78 is 20.5. The first-order valence-corrected chi connectivity index (χ1v) is 7.06. The van der Waals surface area contributed by atoms with E-state index in [1.807, 2.05) is 0 Å². The summed E-state index contributed by atoms with van der Waals surface area (Å²) in [6.45, 7) is 3.02.